The van der Waals surface area contributed by atoms with Gasteiger partial charge in [0.2, 0.25) is 11.8 Å². The molecule has 2 atom stereocenters. The van der Waals surface area contributed by atoms with Crippen LogP contribution in [0, 0.1) is 5.92 Å². The van der Waals surface area contributed by atoms with Crippen LogP contribution in [0.5, 0.6) is 0 Å². The van der Waals surface area contributed by atoms with E-state index in [0.29, 0.717) is 25.6 Å². The van der Waals surface area contributed by atoms with Gasteiger partial charge < -0.3 is 9.80 Å². The molecule has 0 N–H and O–H groups in total. The fourth-order valence-electron chi connectivity index (χ4n) is 4.32. The zero-order valence-electron chi connectivity index (χ0n) is 13.7. The van der Waals surface area contributed by atoms with Crippen LogP contribution < -0.4 is 0 Å². The van der Waals surface area contributed by atoms with E-state index in [1.165, 1.54) is 0 Å². The van der Waals surface area contributed by atoms with Gasteiger partial charge in [0.15, 0.2) is 9.84 Å². The maximum atomic E-state index is 12.8. The molecular weight excluding hydrogens is 316 g/mol. The first-order valence-electron chi connectivity index (χ1n) is 8.71. The molecule has 3 rings (SSSR count). The summed E-state index contributed by atoms with van der Waals surface area (Å²) in [6, 6.07) is 0.0929. The van der Waals surface area contributed by atoms with Crippen molar-refractivity contribution < 1.29 is 18.0 Å². The van der Waals surface area contributed by atoms with E-state index in [0.717, 1.165) is 25.7 Å². The summed E-state index contributed by atoms with van der Waals surface area (Å²) in [6.45, 7) is 2.90. The van der Waals surface area contributed by atoms with Crippen LogP contribution in [0.4, 0.5) is 0 Å². The molecule has 2 aliphatic heterocycles. The van der Waals surface area contributed by atoms with Crippen LogP contribution in [-0.2, 0) is 19.4 Å². The van der Waals surface area contributed by atoms with Gasteiger partial charge in [0.25, 0.3) is 0 Å². The molecule has 0 aromatic carbocycles. The normalized spacial score (nSPS) is 31.0. The molecule has 0 aromatic rings. The number of nitrogens with zero attached hydrogens (tertiary/aromatic N) is 2. The molecule has 2 amide bonds. The Balaban J connectivity index is 1.66. The van der Waals surface area contributed by atoms with Crippen molar-refractivity contribution in [3.05, 3.63) is 0 Å². The van der Waals surface area contributed by atoms with Crippen LogP contribution in [0.1, 0.15) is 45.4 Å². The number of sulfone groups is 1. The zero-order valence-corrected chi connectivity index (χ0v) is 14.6. The van der Waals surface area contributed by atoms with Gasteiger partial charge in [-0.05, 0) is 26.2 Å². The minimum atomic E-state index is -3.01. The van der Waals surface area contributed by atoms with E-state index in [4.69, 9.17) is 0 Å². The number of hydrogen-bond donors (Lipinski definition) is 0. The molecule has 1 saturated carbocycles. The Kier molecular flexibility index (Phi) is 4.67. The molecule has 2 saturated heterocycles. The SMILES string of the molecule is CCN(C(=O)C1CC(=O)N(C2CCCC2)C1)C1CCS(=O)(=O)C1. The van der Waals surface area contributed by atoms with Crippen molar-refractivity contribution in [2.24, 2.45) is 5.92 Å². The molecule has 130 valence electrons. The van der Waals surface area contributed by atoms with E-state index in [-0.39, 0.29) is 41.7 Å². The smallest absolute Gasteiger partial charge is 0.228 e. The van der Waals surface area contributed by atoms with Crippen molar-refractivity contribution in [1.29, 1.82) is 0 Å². The molecule has 3 fully saturated rings. The first-order valence-corrected chi connectivity index (χ1v) is 10.5. The second kappa shape index (κ2) is 6.42. The lowest BCUT2D eigenvalue weighted by Gasteiger charge is -2.30. The van der Waals surface area contributed by atoms with Crippen molar-refractivity contribution in [3.63, 3.8) is 0 Å². The van der Waals surface area contributed by atoms with Crippen LogP contribution in [0.15, 0.2) is 0 Å². The summed E-state index contributed by atoms with van der Waals surface area (Å²) in [5, 5.41) is 0. The number of carbonyl (C=O) groups excluding carboxylic acids is 2. The quantitative estimate of drug-likeness (QED) is 0.758. The molecule has 0 aromatic heterocycles. The molecule has 0 bridgehead atoms. The summed E-state index contributed by atoms with van der Waals surface area (Å²) in [5.74, 6) is -0.0149. The van der Waals surface area contributed by atoms with Gasteiger partial charge in [-0.3, -0.25) is 9.59 Å². The zero-order chi connectivity index (χ0) is 16.6. The van der Waals surface area contributed by atoms with Crippen LogP contribution >= 0.6 is 0 Å². The summed E-state index contributed by atoms with van der Waals surface area (Å²) >= 11 is 0. The lowest BCUT2D eigenvalue weighted by atomic mass is 10.1. The van der Waals surface area contributed by atoms with Crippen LogP contribution in [0.3, 0.4) is 0 Å². The van der Waals surface area contributed by atoms with Gasteiger partial charge in [-0.1, -0.05) is 12.8 Å². The van der Waals surface area contributed by atoms with Crippen LogP contribution in [0.25, 0.3) is 0 Å². The van der Waals surface area contributed by atoms with E-state index < -0.39 is 9.84 Å². The second-order valence-corrected chi connectivity index (χ2v) is 9.30. The Morgan fingerprint density at radius 1 is 1.26 bits per heavy atom. The number of carbonyl (C=O) groups is 2. The van der Waals surface area contributed by atoms with E-state index in [1.54, 1.807) is 4.90 Å². The van der Waals surface area contributed by atoms with E-state index in [2.05, 4.69) is 0 Å². The molecular formula is C16H26N2O4S. The van der Waals surface area contributed by atoms with E-state index in [9.17, 15) is 18.0 Å². The molecule has 7 heteroatoms. The van der Waals surface area contributed by atoms with Crippen LogP contribution in [-0.4, -0.2) is 66.7 Å². The fourth-order valence-corrected chi connectivity index (χ4v) is 6.05. The summed E-state index contributed by atoms with van der Waals surface area (Å²) in [6.07, 6.45) is 5.22. The predicted molar refractivity (Wildman–Crippen MR) is 86.5 cm³/mol. The second-order valence-electron chi connectivity index (χ2n) is 7.07. The molecule has 2 unspecified atom stereocenters. The predicted octanol–water partition coefficient (Wildman–Crippen LogP) is 0.813. The Morgan fingerprint density at radius 2 is 1.96 bits per heavy atom. The fraction of sp³-hybridized carbons (Fsp3) is 0.875. The lowest BCUT2D eigenvalue weighted by molar-refractivity contribution is -0.137. The maximum absolute atomic E-state index is 12.8. The largest absolute Gasteiger partial charge is 0.339 e. The van der Waals surface area contributed by atoms with Crippen molar-refractivity contribution in [3.8, 4) is 0 Å². The Bertz CT molecular complexity index is 583. The number of hydrogen-bond acceptors (Lipinski definition) is 4. The van der Waals surface area contributed by atoms with Crippen molar-refractivity contribution in [1.82, 2.24) is 9.80 Å². The maximum Gasteiger partial charge on any atom is 0.228 e. The summed E-state index contributed by atoms with van der Waals surface area (Å²) in [5.41, 5.74) is 0. The van der Waals surface area contributed by atoms with Gasteiger partial charge in [0.1, 0.15) is 0 Å². The monoisotopic (exact) mass is 342 g/mol. The topological polar surface area (TPSA) is 74.8 Å². The van der Waals surface area contributed by atoms with Crippen molar-refractivity contribution >= 4 is 21.7 Å². The first kappa shape index (κ1) is 16.7. The highest BCUT2D eigenvalue weighted by Crippen LogP contribution is 2.31. The summed E-state index contributed by atoms with van der Waals surface area (Å²) in [4.78, 5) is 28.7. The van der Waals surface area contributed by atoms with Gasteiger partial charge in [0.05, 0.1) is 17.4 Å². The first-order chi connectivity index (χ1) is 10.9. The van der Waals surface area contributed by atoms with Gasteiger partial charge in [-0.2, -0.15) is 0 Å². The average molecular weight is 342 g/mol. The lowest BCUT2D eigenvalue weighted by Crippen LogP contribution is -2.45. The van der Waals surface area contributed by atoms with Crippen molar-refractivity contribution in [2.75, 3.05) is 24.6 Å². The Hall–Kier alpha value is -1.11. The Morgan fingerprint density at radius 3 is 2.52 bits per heavy atom. The molecule has 3 aliphatic rings. The number of rotatable bonds is 4. The average Bonchev–Trinajstić information content (AvgIpc) is 3.19. The van der Waals surface area contributed by atoms with Gasteiger partial charge in [-0.15, -0.1) is 0 Å². The highest BCUT2D eigenvalue weighted by molar-refractivity contribution is 7.91. The molecule has 1 aliphatic carbocycles. The summed E-state index contributed by atoms with van der Waals surface area (Å²) in [7, 11) is -3.01. The van der Waals surface area contributed by atoms with Gasteiger partial charge >= 0.3 is 0 Å². The van der Waals surface area contributed by atoms with Crippen LogP contribution in [0.2, 0.25) is 0 Å². The third kappa shape index (κ3) is 3.39. The standard InChI is InChI=1S/C16H26N2O4S/c1-2-17(14-7-8-23(21,22)11-14)16(20)12-9-15(19)18(10-12)13-5-3-4-6-13/h12-14H,2-11H2,1H3. The molecule has 0 spiro atoms. The summed E-state index contributed by atoms with van der Waals surface area (Å²) < 4.78 is 23.4. The minimum Gasteiger partial charge on any atom is -0.339 e. The molecule has 2 heterocycles. The van der Waals surface area contributed by atoms with Gasteiger partial charge in [0, 0.05) is 31.6 Å². The van der Waals surface area contributed by atoms with E-state index in [1.807, 2.05) is 11.8 Å². The number of amides is 2. The van der Waals surface area contributed by atoms with E-state index >= 15 is 0 Å². The molecule has 23 heavy (non-hydrogen) atoms. The highest BCUT2D eigenvalue weighted by atomic mass is 32.2. The highest BCUT2D eigenvalue weighted by Gasteiger charge is 2.42. The minimum absolute atomic E-state index is 0.0385. The third-order valence-corrected chi connectivity index (χ3v) is 7.30. The Labute approximate surface area is 138 Å². The molecule has 6 nitrogen and oxygen atoms in total. The van der Waals surface area contributed by atoms with Crippen molar-refractivity contribution in [2.45, 2.75) is 57.5 Å². The van der Waals surface area contributed by atoms with Gasteiger partial charge in [-0.25, -0.2) is 8.42 Å². The molecule has 0 radical (unpaired) electrons. The number of likely N-dealkylation sites (tertiary alicyclic amines) is 1. The third-order valence-electron chi connectivity index (χ3n) is 5.55.